The van der Waals surface area contributed by atoms with Crippen LogP contribution in [0.4, 0.5) is 0 Å². The lowest BCUT2D eigenvalue weighted by atomic mass is 9.87. The Hall–Kier alpha value is -1.37. The minimum atomic E-state index is -0.518. The molecule has 2 unspecified atom stereocenters. The largest absolute Gasteiger partial charge is 0.459 e. The molecule has 138 valence electrons. The highest BCUT2D eigenvalue weighted by molar-refractivity contribution is 8.01. The SMILES string of the molecule is CC(C)(C)OC(=O)C1Sc2nc3c(c(-c4cccs4)c2C1N)CCCC3. The molecule has 0 fully saturated rings. The van der Waals surface area contributed by atoms with Crippen molar-refractivity contribution in [2.75, 3.05) is 0 Å². The number of hydrogen-bond donors (Lipinski definition) is 1. The summed E-state index contributed by atoms with van der Waals surface area (Å²) >= 11 is 3.20. The lowest BCUT2D eigenvalue weighted by Crippen LogP contribution is -2.34. The van der Waals surface area contributed by atoms with Gasteiger partial charge in [-0.3, -0.25) is 4.79 Å². The van der Waals surface area contributed by atoms with Crippen molar-refractivity contribution in [1.29, 1.82) is 0 Å². The molecule has 2 aliphatic rings. The highest BCUT2D eigenvalue weighted by Gasteiger charge is 2.42. The number of carbonyl (C=O) groups excluding carboxylic acids is 1. The van der Waals surface area contributed by atoms with Gasteiger partial charge in [0.05, 0.1) is 6.04 Å². The number of carbonyl (C=O) groups is 1. The second-order valence-corrected chi connectivity index (χ2v) is 9.99. The van der Waals surface area contributed by atoms with Crippen molar-refractivity contribution in [2.24, 2.45) is 5.73 Å². The minimum Gasteiger partial charge on any atom is -0.459 e. The number of esters is 1. The second kappa shape index (κ2) is 6.66. The van der Waals surface area contributed by atoms with Gasteiger partial charge in [0, 0.05) is 21.7 Å². The second-order valence-electron chi connectivity index (χ2n) is 7.91. The molecule has 1 aliphatic heterocycles. The minimum absolute atomic E-state index is 0.247. The van der Waals surface area contributed by atoms with Gasteiger partial charge < -0.3 is 10.5 Å². The molecule has 0 radical (unpaired) electrons. The average molecular weight is 389 g/mol. The van der Waals surface area contributed by atoms with Crippen LogP contribution in [-0.4, -0.2) is 21.8 Å². The Morgan fingerprint density at radius 3 is 2.77 bits per heavy atom. The van der Waals surface area contributed by atoms with E-state index in [1.807, 2.05) is 20.8 Å². The predicted molar refractivity (Wildman–Crippen MR) is 107 cm³/mol. The van der Waals surface area contributed by atoms with Gasteiger partial charge in [-0.1, -0.05) is 17.8 Å². The normalized spacial score (nSPS) is 22.0. The van der Waals surface area contributed by atoms with Crippen LogP contribution >= 0.6 is 23.1 Å². The van der Waals surface area contributed by atoms with Gasteiger partial charge in [-0.25, -0.2) is 4.98 Å². The van der Waals surface area contributed by atoms with Crippen LogP contribution in [0.15, 0.2) is 22.5 Å². The maximum absolute atomic E-state index is 12.7. The highest BCUT2D eigenvalue weighted by Crippen LogP contribution is 2.50. The van der Waals surface area contributed by atoms with E-state index >= 15 is 0 Å². The van der Waals surface area contributed by atoms with Crippen molar-refractivity contribution < 1.29 is 9.53 Å². The van der Waals surface area contributed by atoms with Gasteiger partial charge in [0.15, 0.2) is 0 Å². The number of nitrogens with two attached hydrogens (primary N) is 1. The Kier molecular flexibility index (Phi) is 4.61. The molecule has 3 heterocycles. The number of thioether (sulfide) groups is 1. The monoisotopic (exact) mass is 388 g/mol. The van der Waals surface area contributed by atoms with Crippen molar-refractivity contribution in [3.63, 3.8) is 0 Å². The Labute approximate surface area is 162 Å². The van der Waals surface area contributed by atoms with Gasteiger partial charge in [0.2, 0.25) is 0 Å². The first kappa shape index (κ1) is 18.0. The molecule has 2 aromatic rings. The van der Waals surface area contributed by atoms with Crippen molar-refractivity contribution in [1.82, 2.24) is 4.98 Å². The maximum Gasteiger partial charge on any atom is 0.321 e. The average Bonchev–Trinajstić information content (AvgIpc) is 3.20. The van der Waals surface area contributed by atoms with Gasteiger partial charge in [-0.05, 0) is 63.5 Å². The van der Waals surface area contributed by atoms with Gasteiger partial charge in [-0.15, -0.1) is 11.3 Å². The standard InChI is InChI=1S/C20H24N2O2S2/c1-20(2,3)24-19(23)17-16(21)15-14(13-9-6-10-25-13)11-7-4-5-8-12(11)22-18(15)26-17/h6,9-10,16-17H,4-5,7-8,21H2,1-3H3. The van der Waals surface area contributed by atoms with Crippen LogP contribution in [0.25, 0.3) is 10.4 Å². The first-order valence-corrected chi connectivity index (χ1v) is 10.9. The number of thiophene rings is 1. The van der Waals surface area contributed by atoms with Crippen LogP contribution in [-0.2, 0) is 22.4 Å². The van der Waals surface area contributed by atoms with E-state index in [1.165, 1.54) is 46.3 Å². The molecule has 2 atom stereocenters. The Balaban J connectivity index is 1.80. The highest BCUT2D eigenvalue weighted by atomic mass is 32.2. The molecule has 0 spiro atoms. The number of pyridine rings is 1. The van der Waals surface area contributed by atoms with Crippen LogP contribution in [0.5, 0.6) is 0 Å². The molecule has 6 heteroatoms. The molecule has 4 rings (SSSR count). The fourth-order valence-corrected chi connectivity index (χ4v) is 5.74. The number of nitrogens with zero attached hydrogens (tertiary/aromatic N) is 1. The van der Waals surface area contributed by atoms with Gasteiger partial charge >= 0.3 is 5.97 Å². The van der Waals surface area contributed by atoms with Crippen LogP contribution < -0.4 is 5.73 Å². The summed E-state index contributed by atoms with van der Waals surface area (Å²) in [7, 11) is 0. The molecule has 26 heavy (non-hydrogen) atoms. The summed E-state index contributed by atoms with van der Waals surface area (Å²) in [6.45, 7) is 5.66. The Bertz CT molecular complexity index is 840. The summed E-state index contributed by atoms with van der Waals surface area (Å²) in [6, 6.07) is 3.83. The van der Waals surface area contributed by atoms with E-state index in [1.54, 1.807) is 11.3 Å². The van der Waals surface area contributed by atoms with Crippen molar-refractivity contribution >= 4 is 29.1 Å². The van der Waals surface area contributed by atoms with Crippen molar-refractivity contribution in [3.05, 3.63) is 34.3 Å². The van der Waals surface area contributed by atoms with Crippen molar-refractivity contribution in [3.8, 4) is 10.4 Å². The van der Waals surface area contributed by atoms with E-state index in [4.69, 9.17) is 15.5 Å². The molecular formula is C20H24N2O2S2. The van der Waals surface area contributed by atoms with E-state index in [0.717, 1.165) is 23.4 Å². The third-order valence-electron chi connectivity index (χ3n) is 4.78. The third-order valence-corrected chi connectivity index (χ3v) is 6.94. The first-order valence-electron chi connectivity index (χ1n) is 9.10. The molecular weight excluding hydrogens is 364 g/mol. The van der Waals surface area contributed by atoms with E-state index in [9.17, 15) is 4.79 Å². The summed E-state index contributed by atoms with van der Waals surface area (Å²) < 4.78 is 5.61. The van der Waals surface area contributed by atoms with E-state index in [0.29, 0.717) is 0 Å². The topological polar surface area (TPSA) is 65.2 Å². The fourth-order valence-electron chi connectivity index (χ4n) is 3.74. The van der Waals surface area contributed by atoms with Crippen LogP contribution in [0.3, 0.4) is 0 Å². The molecule has 0 saturated heterocycles. The van der Waals surface area contributed by atoms with Crippen LogP contribution in [0.1, 0.15) is 56.5 Å². The van der Waals surface area contributed by atoms with Gasteiger partial charge in [0.25, 0.3) is 0 Å². The molecule has 1 aliphatic carbocycles. The zero-order valence-electron chi connectivity index (χ0n) is 15.4. The molecule has 2 aromatic heterocycles. The lowest BCUT2D eigenvalue weighted by molar-refractivity contribution is -0.154. The van der Waals surface area contributed by atoms with E-state index in [2.05, 4.69) is 17.5 Å². The zero-order valence-corrected chi connectivity index (χ0v) is 17.0. The van der Waals surface area contributed by atoms with E-state index < -0.39 is 10.9 Å². The smallest absolute Gasteiger partial charge is 0.321 e. The summed E-state index contributed by atoms with van der Waals surface area (Å²) in [4.78, 5) is 18.9. The maximum atomic E-state index is 12.7. The first-order chi connectivity index (χ1) is 12.3. The summed E-state index contributed by atoms with van der Waals surface area (Å²) in [5, 5.41) is 2.58. The lowest BCUT2D eigenvalue weighted by Gasteiger charge is -2.24. The molecule has 0 saturated carbocycles. The third kappa shape index (κ3) is 3.19. The molecule has 4 nitrogen and oxygen atoms in total. The molecule has 0 bridgehead atoms. The molecule has 0 amide bonds. The Morgan fingerprint density at radius 2 is 2.08 bits per heavy atom. The molecule has 2 N–H and O–H groups in total. The Morgan fingerprint density at radius 1 is 1.31 bits per heavy atom. The number of ether oxygens (including phenoxy) is 1. The fraction of sp³-hybridized carbons (Fsp3) is 0.500. The number of hydrogen-bond acceptors (Lipinski definition) is 6. The number of aryl methyl sites for hydroxylation is 1. The summed E-state index contributed by atoms with van der Waals surface area (Å²) in [5.74, 6) is -0.247. The predicted octanol–water partition coefficient (Wildman–Crippen LogP) is 4.50. The number of fused-ring (bicyclic) bond motifs is 2. The van der Waals surface area contributed by atoms with Crippen LogP contribution in [0, 0.1) is 0 Å². The van der Waals surface area contributed by atoms with Gasteiger partial charge in [-0.2, -0.15) is 0 Å². The van der Waals surface area contributed by atoms with E-state index in [-0.39, 0.29) is 12.0 Å². The van der Waals surface area contributed by atoms with Gasteiger partial charge in [0.1, 0.15) is 15.9 Å². The summed E-state index contributed by atoms with van der Waals surface area (Å²) in [6.07, 6.45) is 4.41. The zero-order chi connectivity index (χ0) is 18.5. The number of rotatable bonds is 2. The quantitative estimate of drug-likeness (QED) is 0.767. The van der Waals surface area contributed by atoms with Crippen molar-refractivity contribution in [2.45, 2.75) is 68.4 Å². The summed E-state index contributed by atoms with van der Waals surface area (Å²) in [5.41, 5.74) is 10.9. The van der Waals surface area contributed by atoms with Crippen LogP contribution in [0.2, 0.25) is 0 Å². The number of aromatic nitrogens is 1. The molecule has 0 aromatic carbocycles.